The van der Waals surface area contributed by atoms with E-state index in [0.29, 0.717) is 18.3 Å². The number of furan rings is 1. The highest BCUT2D eigenvalue weighted by atomic mass is 16.3. The quantitative estimate of drug-likeness (QED) is 0.633. The molecule has 1 aromatic carbocycles. The van der Waals surface area contributed by atoms with Crippen molar-refractivity contribution in [2.24, 2.45) is 0 Å². The van der Waals surface area contributed by atoms with Crippen molar-refractivity contribution in [3.05, 3.63) is 59.8 Å². The summed E-state index contributed by atoms with van der Waals surface area (Å²) in [5.41, 5.74) is 7.92. The number of nitrogens with zero attached hydrogens (tertiary/aromatic N) is 3. The van der Waals surface area contributed by atoms with Crippen molar-refractivity contribution >= 4 is 17.6 Å². The van der Waals surface area contributed by atoms with E-state index in [1.807, 2.05) is 43.3 Å². The summed E-state index contributed by atoms with van der Waals surface area (Å²) in [4.78, 5) is 14.0. The Hall–Kier alpha value is -2.93. The molecule has 4 N–H and O–H groups in total. The third-order valence-electron chi connectivity index (χ3n) is 3.52. The molecule has 3 aromatic rings. The van der Waals surface area contributed by atoms with Crippen LogP contribution in [0.2, 0.25) is 0 Å². The Morgan fingerprint density at radius 1 is 1.08 bits per heavy atom. The lowest BCUT2D eigenvalue weighted by Crippen LogP contribution is -3.06. The Balaban J connectivity index is 1.70. The molecule has 0 amide bonds. The second-order valence-electron chi connectivity index (χ2n) is 5.81. The highest BCUT2D eigenvalue weighted by molar-refractivity contribution is 5.54. The van der Waals surface area contributed by atoms with Crippen LogP contribution in [0.15, 0.2) is 47.1 Å². The van der Waals surface area contributed by atoms with E-state index >= 15 is 0 Å². The molecule has 0 saturated heterocycles. The van der Waals surface area contributed by atoms with Gasteiger partial charge in [0.25, 0.3) is 0 Å². The smallest absolute Gasteiger partial charge is 0.232 e. The number of anilines is 3. The van der Waals surface area contributed by atoms with Crippen LogP contribution in [0, 0.1) is 6.92 Å². The number of rotatable bonds is 6. The highest BCUT2D eigenvalue weighted by Gasteiger charge is 2.12. The minimum Gasteiger partial charge on any atom is -0.463 e. The molecule has 1 unspecified atom stereocenters. The molecule has 2 aromatic heterocycles. The molecule has 24 heavy (non-hydrogen) atoms. The second-order valence-corrected chi connectivity index (χ2v) is 5.81. The Morgan fingerprint density at radius 3 is 2.58 bits per heavy atom. The van der Waals surface area contributed by atoms with Crippen molar-refractivity contribution in [3.8, 4) is 0 Å². The number of nitrogen functional groups attached to an aromatic ring is 1. The summed E-state index contributed by atoms with van der Waals surface area (Å²) >= 11 is 0. The van der Waals surface area contributed by atoms with Crippen molar-refractivity contribution in [2.45, 2.75) is 20.0 Å². The van der Waals surface area contributed by atoms with Crippen molar-refractivity contribution in [1.82, 2.24) is 15.0 Å². The fraction of sp³-hybridized carbons (Fsp3) is 0.235. The van der Waals surface area contributed by atoms with E-state index in [0.717, 1.165) is 18.0 Å². The van der Waals surface area contributed by atoms with Crippen LogP contribution in [0.3, 0.4) is 0 Å². The van der Waals surface area contributed by atoms with Gasteiger partial charge in [-0.25, -0.2) is 0 Å². The summed E-state index contributed by atoms with van der Waals surface area (Å²) in [7, 11) is 2.05. The first-order valence-electron chi connectivity index (χ1n) is 7.76. The lowest BCUT2D eigenvalue weighted by atomic mass is 10.2. The number of aryl methyl sites for hydroxylation is 1. The van der Waals surface area contributed by atoms with E-state index in [4.69, 9.17) is 10.2 Å². The van der Waals surface area contributed by atoms with Crippen LogP contribution in [0.4, 0.5) is 17.6 Å². The Labute approximate surface area is 140 Å². The molecule has 7 nitrogen and oxygen atoms in total. The highest BCUT2D eigenvalue weighted by Crippen LogP contribution is 2.14. The van der Waals surface area contributed by atoms with Gasteiger partial charge in [0.15, 0.2) is 11.6 Å². The SMILES string of the molecule is Cc1ccc(Nc2nc(N)nc(C[NH+](C)Cc3ccco3)n2)cc1. The van der Waals surface area contributed by atoms with Crippen molar-refractivity contribution < 1.29 is 9.32 Å². The van der Waals surface area contributed by atoms with Gasteiger partial charge in [0, 0.05) is 5.69 Å². The maximum Gasteiger partial charge on any atom is 0.232 e. The normalized spacial score (nSPS) is 12.1. The first-order chi connectivity index (χ1) is 11.6. The van der Waals surface area contributed by atoms with E-state index in [1.165, 1.54) is 10.5 Å². The first kappa shape index (κ1) is 15.9. The molecule has 0 fully saturated rings. The van der Waals surface area contributed by atoms with Gasteiger partial charge in [0.2, 0.25) is 11.9 Å². The Morgan fingerprint density at radius 2 is 1.88 bits per heavy atom. The van der Waals surface area contributed by atoms with Gasteiger partial charge in [-0.15, -0.1) is 0 Å². The number of hydrogen-bond donors (Lipinski definition) is 3. The van der Waals surface area contributed by atoms with E-state index in [2.05, 4.69) is 27.3 Å². The molecule has 0 aliphatic heterocycles. The van der Waals surface area contributed by atoms with Gasteiger partial charge in [0.05, 0.1) is 13.3 Å². The van der Waals surface area contributed by atoms with Crippen LogP contribution in [-0.2, 0) is 13.1 Å². The molecule has 7 heteroatoms. The lowest BCUT2D eigenvalue weighted by molar-refractivity contribution is -0.909. The standard InChI is InChI=1S/C17H20N6O/c1-12-5-7-13(8-6-12)19-17-21-15(20-16(18)22-17)11-23(2)10-14-4-3-9-24-14/h3-9H,10-11H2,1-2H3,(H3,18,19,20,21,22)/p+1. The molecule has 0 aliphatic carbocycles. The summed E-state index contributed by atoms with van der Waals surface area (Å²) in [6, 6.07) is 11.8. The Bertz CT molecular complexity index is 785. The molecule has 2 heterocycles. The minimum atomic E-state index is 0.209. The van der Waals surface area contributed by atoms with Crippen LogP contribution in [0.5, 0.6) is 0 Å². The maximum atomic E-state index is 5.82. The topological polar surface area (TPSA) is 94.3 Å². The molecule has 1 atom stereocenters. The third kappa shape index (κ3) is 4.30. The van der Waals surface area contributed by atoms with Gasteiger partial charge >= 0.3 is 0 Å². The van der Waals surface area contributed by atoms with E-state index in [9.17, 15) is 0 Å². The zero-order chi connectivity index (χ0) is 16.9. The first-order valence-corrected chi connectivity index (χ1v) is 7.76. The van der Waals surface area contributed by atoms with Crippen LogP contribution in [0.25, 0.3) is 0 Å². The fourth-order valence-electron chi connectivity index (χ4n) is 2.38. The molecular weight excluding hydrogens is 304 g/mol. The van der Waals surface area contributed by atoms with Crippen LogP contribution in [0.1, 0.15) is 17.1 Å². The number of quaternary nitrogens is 1. The minimum absolute atomic E-state index is 0.209. The largest absolute Gasteiger partial charge is 0.463 e. The number of nitrogens with one attached hydrogen (secondary N) is 2. The molecule has 0 saturated carbocycles. The predicted molar refractivity (Wildman–Crippen MR) is 91.7 cm³/mol. The maximum absolute atomic E-state index is 5.82. The van der Waals surface area contributed by atoms with Crippen LogP contribution < -0.4 is 16.0 Å². The van der Waals surface area contributed by atoms with Gasteiger partial charge in [-0.1, -0.05) is 17.7 Å². The van der Waals surface area contributed by atoms with E-state index in [-0.39, 0.29) is 5.95 Å². The van der Waals surface area contributed by atoms with Crippen molar-refractivity contribution in [3.63, 3.8) is 0 Å². The van der Waals surface area contributed by atoms with Gasteiger partial charge in [-0.3, -0.25) is 0 Å². The molecule has 3 rings (SSSR count). The average molecular weight is 325 g/mol. The summed E-state index contributed by atoms with van der Waals surface area (Å²) in [5, 5.41) is 3.16. The molecule has 124 valence electrons. The third-order valence-corrected chi connectivity index (χ3v) is 3.52. The van der Waals surface area contributed by atoms with Gasteiger partial charge < -0.3 is 20.4 Å². The summed E-state index contributed by atoms with van der Waals surface area (Å²) in [6.07, 6.45) is 1.67. The monoisotopic (exact) mass is 325 g/mol. The molecule has 0 radical (unpaired) electrons. The van der Waals surface area contributed by atoms with Crippen molar-refractivity contribution in [1.29, 1.82) is 0 Å². The van der Waals surface area contributed by atoms with Crippen LogP contribution >= 0.6 is 0 Å². The zero-order valence-electron chi connectivity index (χ0n) is 13.8. The van der Waals surface area contributed by atoms with E-state index < -0.39 is 0 Å². The summed E-state index contributed by atoms with van der Waals surface area (Å²) in [5.74, 6) is 2.22. The fourth-order valence-corrected chi connectivity index (χ4v) is 2.38. The van der Waals surface area contributed by atoms with Gasteiger partial charge in [-0.05, 0) is 31.2 Å². The lowest BCUT2D eigenvalue weighted by Gasteiger charge is -2.12. The molecule has 0 aliphatic rings. The van der Waals surface area contributed by atoms with E-state index in [1.54, 1.807) is 6.26 Å². The van der Waals surface area contributed by atoms with Crippen molar-refractivity contribution in [2.75, 3.05) is 18.1 Å². The van der Waals surface area contributed by atoms with Crippen LogP contribution in [-0.4, -0.2) is 22.0 Å². The van der Waals surface area contributed by atoms with Gasteiger partial charge in [-0.2, -0.15) is 15.0 Å². The second kappa shape index (κ2) is 7.10. The molecule has 0 spiro atoms. The molecule has 0 bridgehead atoms. The predicted octanol–water partition coefficient (Wildman–Crippen LogP) is 1.31. The number of nitrogens with two attached hydrogens (primary N) is 1. The summed E-state index contributed by atoms with van der Waals surface area (Å²) < 4.78 is 5.37. The summed E-state index contributed by atoms with van der Waals surface area (Å²) in [6.45, 7) is 3.41. The number of benzene rings is 1. The zero-order valence-corrected chi connectivity index (χ0v) is 13.8. The Kier molecular flexibility index (Phi) is 4.72. The number of hydrogen-bond acceptors (Lipinski definition) is 6. The molecular formula is C17H21N6O+. The number of aromatic nitrogens is 3. The van der Waals surface area contributed by atoms with Gasteiger partial charge in [0.1, 0.15) is 13.1 Å². The average Bonchev–Trinajstić information content (AvgIpc) is 3.01.